The highest BCUT2D eigenvalue weighted by molar-refractivity contribution is 5.78. The van der Waals surface area contributed by atoms with Gasteiger partial charge in [0.1, 0.15) is 0 Å². The van der Waals surface area contributed by atoms with Crippen molar-refractivity contribution in [1.82, 2.24) is 19.7 Å². The summed E-state index contributed by atoms with van der Waals surface area (Å²) in [4.78, 5) is 13.8. The number of aryl methyl sites for hydroxylation is 1. The van der Waals surface area contributed by atoms with Gasteiger partial charge in [0, 0.05) is 13.1 Å². The van der Waals surface area contributed by atoms with Crippen LogP contribution in [0.4, 0.5) is 13.2 Å². The summed E-state index contributed by atoms with van der Waals surface area (Å²) in [5, 5.41) is 6.78. The third-order valence-corrected chi connectivity index (χ3v) is 3.84. The summed E-state index contributed by atoms with van der Waals surface area (Å²) in [5.74, 6) is -0.962. The van der Waals surface area contributed by atoms with Crippen LogP contribution in [0.5, 0.6) is 0 Å². The van der Waals surface area contributed by atoms with Gasteiger partial charge in [0.15, 0.2) is 5.82 Å². The van der Waals surface area contributed by atoms with E-state index in [9.17, 15) is 18.0 Å². The average molecular weight is 324 g/mol. The molecule has 1 aromatic heterocycles. The van der Waals surface area contributed by atoms with E-state index < -0.39 is 12.0 Å². The number of fused-ring (bicyclic) bond motifs is 1. The predicted octanol–water partition coefficient (Wildman–Crippen LogP) is 2.19. The molecule has 1 aliphatic heterocycles. The van der Waals surface area contributed by atoms with E-state index in [1.165, 1.54) is 4.90 Å². The topological polar surface area (TPSA) is 51.0 Å². The third kappa shape index (κ3) is 3.20. The first-order valence-electron chi connectivity index (χ1n) is 7.17. The SMILES string of the molecule is Cc1ccc(CC(=O)N2CCn3c(nnc3C(F)(F)F)C2)cc1. The molecule has 0 spiro atoms. The minimum atomic E-state index is -4.53. The van der Waals surface area contributed by atoms with Gasteiger partial charge in [-0.15, -0.1) is 10.2 Å². The first-order valence-corrected chi connectivity index (χ1v) is 7.17. The number of nitrogens with zero attached hydrogens (tertiary/aromatic N) is 4. The van der Waals surface area contributed by atoms with Crippen LogP contribution in [0.3, 0.4) is 0 Å². The summed E-state index contributed by atoms with van der Waals surface area (Å²) < 4.78 is 39.4. The fourth-order valence-electron chi connectivity index (χ4n) is 2.57. The Morgan fingerprint density at radius 2 is 1.87 bits per heavy atom. The second-order valence-corrected chi connectivity index (χ2v) is 5.57. The molecule has 0 saturated carbocycles. The molecule has 0 N–H and O–H groups in total. The number of alkyl halides is 3. The lowest BCUT2D eigenvalue weighted by atomic mass is 10.1. The van der Waals surface area contributed by atoms with Gasteiger partial charge in [0.05, 0.1) is 13.0 Å². The minimum absolute atomic E-state index is 0.0494. The molecule has 23 heavy (non-hydrogen) atoms. The van der Waals surface area contributed by atoms with Crippen molar-refractivity contribution < 1.29 is 18.0 Å². The molecule has 1 amide bonds. The molecule has 0 bridgehead atoms. The van der Waals surface area contributed by atoms with Crippen LogP contribution in [-0.4, -0.2) is 32.1 Å². The Labute approximate surface area is 130 Å². The van der Waals surface area contributed by atoms with E-state index in [1.54, 1.807) is 0 Å². The molecule has 0 saturated heterocycles. The van der Waals surface area contributed by atoms with Crippen LogP contribution < -0.4 is 0 Å². The molecule has 0 fully saturated rings. The molecule has 0 unspecified atom stereocenters. The van der Waals surface area contributed by atoms with Gasteiger partial charge in [-0.25, -0.2) is 0 Å². The maximum atomic E-state index is 12.8. The lowest BCUT2D eigenvalue weighted by Gasteiger charge is -2.28. The third-order valence-electron chi connectivity index (χ3n) is 3.84. The molecular formula is C15H15F3N4O. The number of hydrogen-bond acceptors (Lipinski definition) is 3. The standard InChI is InChI=1S/C15H15F3N4O/c1-10-2-4-11(5-3-10)8-13(23)21-6-7-22-12(9-21)19-20-14(22)15(16,17)18/h2-5H,6-9H2,1H3. The van der Waals surface area contributed by atoms with Crippen LogP contribution in [0.15, 0.2) is 24.3 Å². The second kappa shape index (κ2) is 5.68. The van der Waals surface area contributed by atoms with Gasteiger partial charge < -0.3 is 9.47 Å². The molecule has 1 aromatic carbocycles. The molecule has 2 aromatic rings. The Balaban J connectivity index is 1.71. The molecule has 8 heteroatoms. The van der Waals surface area contributed by atoms with Crippen molar-refractivity contribution in [2.75, 3.05) is 6.54 Å². The van der Waals surface area contributed by atoms with Crippen LogP contribution in [0, 0.1) is 6.92 Å². The minimum Gasteiger partial charge on any atom is -0.333 e. The monoisotopic (exact) mass is 324 g/mol. The Kier molecular flexibility index (Phi) is 3.83. The summed E-state index contributed by atoms with van der Waals surface area (Å²) >= 11 is 0. The largest absolute Gasteiger partial charge is 0.451 e. The summed E-state index contributed by atoms with van der Waals surface area (Å²) in [5.41, 5.74) is 1.98. The van der Waals surface area contributed by atoms with Crippen molar-refractivity contribution in [2.24, 2.45) is 0 Å². The van der Waals surface area contributed by atoms with E-state index >= 15 is 0 Å². The van der Waals surface area contributed by atoms with Crippen LogP contribution in [0.2, 0.25) is 0 Å². The lowest BCUT2D eigenvalue weighted by Crippen LogP contribution is -2.40. The van der Waals surface area contributed by atoms with Crippen molar-refractivity contribution in [1.29, 1.82) is 0 Å². The molecule has 0 atom stereocenters. The zero-order valence-electron chi connectivity index (χ0n) is 12.5. The highest BCUT2D eigenvalue weighted by Gasteiger charge is 2.39. The number of amides is 1. The lowest BCUT2D eigenvalue weighted by molar-refractivity contribution is -0.148. The first kappa shape index (κ1) is 15.5. The van der Waals surface area contributed by atoms with Gasteiger partial charge in [0.25, 0.3) is 0 Å². The Hall–Kier alpha value is -2.38. The van der Waals surface area contributed by atoms with Gasteiger partial charge in [0.2, 0.25) is 11.7 Å². The molecule has 1 aliphatic rings. The van der Waals surface area contributed by atoms with Gasteiger partial charge in [-0.3, -0.25) is 4.79 Å². The fourth-order valence-corrected chi connectivity index (χ4v) is 2.57. The van der Waals surface area contributed by atoms with Crippen molar-refractivity contribution in [3.05, 3.63) is 47.0 Å². The Bertz CT molecular complexity index is 721. The number of carbonyl (C=O) groups excluding carboxylic acids is 1. The zero-order chi connectivity index (χ0) is 16.6. The molecule has 122 valence electrons. The predicted molar refractivity (Wildman–Crippen MR) is 75.3 cm³/mol. The van der Waals surface area contributed by atoms with E-state index in [2.05, 4.69) is 10.2 Å². The number of halogens is 3. The normalized spacial score (nSPS) is 14.7. The highest BCUT2D eigenvalue weighted by atomic mass is 19.4. The summed E-state index contributed by atoms with van der Waals surface area (Å²) in [6.07, 6.45) is -4.31. The maximum absolute atomic E-state index is 12.8. The van der Waals surface area contributed by atoms with Crippen LogP contribution in [0.25, 0.3) is 0 Å². The summed E-state index contributed by atoms with van der Waals surface area (Å²) in [6, 6.07) is 7.60. The molecule has 2 heterocycles. The summed E-state index contributed by atoms with van der Waals surface area (Å²) in [6.45, 7) is 2.28. The van der Waals surface area contributed by atoms with E-state index in [4.69, 9.17) is 0 Å². The van der Waals surface area contributed by atoms with Crippen molar-refractivity contribution in [3.8, 4) is 0 Å². The molecule has 3 rings (SSSR count). The van der Waals surface area contributed by atoms with Gasteiger partial charge in [-0.1, -0.05) is 29.8 Å². The van der Waals surface area contributed by atoms with E-state index in [0.717, 1.165) is 15.7 Å². The molecule has 0 aliphatic carbocycles. The molecule has 5 nitrogen and oxygen atoms in total. The van der Waals surface area contributed by atoms with E-state index in [1.807, 2.05) is 31.2 Å². The van der Waals surface area contributed by atoms with Crippen LogP contribution in [-0.2, 0) is 30.5 Å². The molecular weight excluding hydrogens is 309 g/mol. The summed E-state index contributed by atoms with van der Waals surface area (Å²) in [7, 11) is 0. The highest BCUT2D eigenvalue weighted by Crippen LogP contribution is 2.29. The van der Waals surface area contributed by atoms with Crippen molar-refractivity contribution >= 4 is 5.91 Å². The van der Waals surface area contributed by atoms with E-state index in [0.29, 0.717) is 0 Å². The zero-order valence-corrected chi connectivity index (χ0v) is 12.5. The number of carbonyl (C=O) groups is 1. The quantitative estimate of drug-likeness (QED) is 0.851. The van der Waals surface area contributed by atoms with Crippen LogP contribution >= 0.6 is 0 Å². The van der Waals surface area contributed by atoms with Crippen LogP contribution in [0.1, 0.15) is 22.8 Å². The van der Waals surface area contributed by atoms with E-state index in [-0.39, 0.29) is 37.8 Å². The van der Waals surface area contributed by atoms with Crippen molar-refractivity contribution in [2.45, 2.75) is 32.6 Å². The second-order valence-electron chi connectivity index (χ2n) is 5.57. The van der Waals surface area contributed by atoms with Gasteiger partial charge >= 0.3 is 6.18 Å². The first-order chi connectivity index (χ1) is 10.8. The van der Waals surface area contributed by atoms with Gasteiger partial charge in [-0.05, 0) is 12.5 Å². The number of aromatic nitrogens is 3. The number of rotatable bonds is 2. The Morgan fingerprint density at radius 1 is 1.17 bits per heavy atom. The fraction of sp³-hybridized carbons (Fsp3) is 0.400. The van der Waals surface area contributed by atoms with Gasteiger partial charge in [-0.2, -0.15) is 13.2 Å². The number of benzene rings is 1. The molecule has 0 radical (unpaired) electrons. The average Bonchev–Trinajstić information content (AvgIpc) is 2.92. The van der Waals surface area contributed by atoms with Crippen molar-refractivity contribution in [3.63, 3.8) is 0 Å². The number of hydrogen-bond donors (Lipinski definition) is 0. The maximum Gasteiger partial charge on any atom is 0.451 e. The smallest absolute Gasteiger partial charge is 0.333 e. The Morgan fingerprint density at radius 3 is 2.52 bits per heavy atom.